The lowest BCUT2D eigenvalue weighted by atomic mass is 10.0. The number of benzene rings is 1. The van der Waals surface area contributed by atoms with Crippen molar-refractivity contribution in [1.29, 1.82) is 0 Å². The largest absolute Gasteiger partial charge is 0.337 e. The zero-order valence-electron chi connectivity index (χ0n) is 13.6. The molecule has 116 valence electrons. The lowest BCUT2D eigenvalue weighted by Crippen LogP contribution is -2.41. The minimum absolute atomic E-state index is 0.193. The summed E-state index contributed by atoms with van der Waals surface area (Å²) >= 11 is 0. The first-order chi connectivity index (χ1) is 10.1. The second kappa shape index (κ2) is 7.60. The van der Waals surface area contributed by atoms with E-state index in [4.69, 9.17) is 0 Å². The summed E-state index contributed by atoms with van der Waals surface area (Å²) in [6, 6.07) is 6.62. The SMILES string of the molecule is CCCCN(CC1CCCN1)C(=O)c1cc(C)ccc1C. The predicted octanol–water partition coefficient (Wildman–Crippen LogP) is 3.30. The average Bonchev–Trinajstić information content (AvgIpc) is 2.98. The average molecular weight is 288 g/mol. The number of hydrogen-bond acceptors (Lipinski definition) is 2. The Hall–Kier alpha value is -1.35. The van der Waals surface area contributed by atoms with Crippen molar-refractivity contribution < 1.29 is 4.79 Å². The lowest BCUT2D eigenvalue weighted by Gasteiger charge is -2.26. The van der Waals surface area contributed by atoms with E-state index in [1.807, 2.05) is 30.9 Å². The number of nitrogens with zero attached hydrogens (tertiary/aromatic N) is 1. The van der Waals surface area contributed by atoms with Crippen LogP contribution in [0.5, 0.6) is 0 Å². The van der Waals surface area contributed by atoms with Crippen LogP contribution in [0.3, 0.4) is 0 Å². The van der Waals surface area contributed by atoms with Crippen LogP contribution in [-0.4, -0.2) is 36.5 Å². The third kappa shape index (κ3) is 4.31. The van der Waals surface area contributed by atoms with Gasteiger partial charge in [0.15, 0.2) is 0 Å². The van der Waals surface area contributed by atoms with Gasteiger partial charge in [-0.2, -0.15) is 0 Å². The molecule has 0 bridgehead atoms. The summed E-state index contributed by atoms with van der Waals surface area (Å²) in [7, 11) is 0. The maximum Gasteiger partial charge on any atom is 0.254 e. The van der Waals surface area contributed by atoms with E-state index in [2.05, 4.69) is 18.3 Å². The number of hydrogen-bond donors (Lipinski definition) is 1. The fraction of sp³-hybridized carbons (Fsp3) is 0.611. The molecule has 2 rings (SSSR count). The molecule has 1 aromatic rings. The third-order valence-corrected chi connectivity index (χ3v) is 4.30. The number of unbranched alkanes of at least 4 members (excludes halogenated alkanes) is 1. The van der Waals surface area contributed by atoms with Crippen LogP contribution in [-0.2, 0) is 0 Å². The van der Waals surface area contributed by atoms with Crippen LogP contribution in [0.1, 0.15) is 54.1 Å². The predicted molar refractivity (Wildman–Crippen MR) is 87.8 cm³/mol. The standard InChI is InChI=1S/C18H28N2O/c1-4-5-11-20(13-16-7-6-10-19-16)18(21)17-12-14(2)8-9-15(17)3/h8-9,12,16,19H,4-7,10-11,13H2,1-3H3. The van der Waals surface area contributed by atoms with Crippen molar-refractivity contribution in [3.63, 3.8) is 0 Å². The zero-order valence-corrected chi connectivity index (χ0v) is 13.6. The molecule has 1 heterocycles. The second-order valence-electron chi connectivity index (χ2n) is 6.22. The van der Waals surface area contributed by atoms with Crippen molar-refractivity contribution in [2.75, 3.05) is 19.6 Å². The number of nitrogens with one attached hydrogen (secondary N) is 1. The number of amides is 1. The summed E-state index contributed by atoms with van der Waals surface area (Å²) in [4.78, 5) is 15.0. The Bertz CT molecular complexity index is 478. The van der Waals surface area contributed by atoms with Gasteiger partial charge in [0.2, 0.25) is 0 Å². The molecular weight excluding hydrogens is 260 g/mol. The van der Waals surface area contributed by atoms with E-state index < -0.39 is 0 Å². The molecule has 21 heavy (non-hydrogen) atoms. The molecule has 3 nitrogen and oxygen atoms in total. The lowest BCUT2D eigenvalue weighted by molar-refractivity contribution is 0.0738. The number of carbonyl (C=O) groups excluding carboxylic acids is 1. The summed E-state index contributed by atoms with van der Waals surface area (Å²) in [6.45, 7) is 9.04. The first-order valence-corrected chi connectivity index (χ1v) is 8.21. The molecule has 1 fully saturated rings. The van der Waals surface area contributed by atoms with Gasteiger partial charge in [0.25, 0.3) is 5.91 Å². The zero-order chi connectivity index (χ0) is 15.2. The van der Waals surface area contributed by atoms with Gasteiger partial charge in [0.1, 0.15) is 0 Å². The molecule has 0 spiro atoms. The Morgan fingerprint density at radius 3 is 2.86 bits per heavy atom. The van der Waals surface area contributed by atoms with Crippen molar-refractivity contribution in [3.05, 3.63) is 34.9 Å². The van der Waals surface area contributed by atoms with E-state index in [0.717, 1.165) is 49.2 Å². The minimum atomic E-state index is 0.193. The third-order valence-electron chi connectivity index (χ3n) is 4.30. The Balaban J connectivity index is 2.13. The molecule has 1 N–H and O–H groups in total. The molecule has 1 aliphatic heterocycles. The topological polar surface area (TPSA) is 32.3 Å². The van der Waals surface area contributed by atoms with Gasteiger partial charge in [-0.15, -0.1) is 0 Å². The molecule has 1 amide bonds. The molecule has 1 unspecified atom stereocenters. The Morgan fingerprint density at radius 1 is 1.38 bits per heavy atom. The minimum Gasteiger partial charge on any atom is -0.337 e. The summed E-state index contributed by atoms with van der Waals surface area (Å²) in [5, 5.41) is 3.50. The van der Waals surface area contributed by atoms with Gasteiger partial charge in [0, 0.05) is 24.7 Å². The maximum absolute atomic E-state index is 12.9. The maximum atomic E-state index is 12.9. The van der Waals surface area contributed by atoms with Crippen molar-refractivity contribution in [3.8, 4) is 0 Å². The summed E-state index contributed by atoms with van der Waals surface area (Å²) in [5.74, 6) is 0.193. The normalized spacial score (nSPS) is 18.0. The van der Waals surface area contributed by atoms with Gasteiger partial charge in [-0.1, -0.05) is 31.0 Å². The monoisotopic (exact) mass is 288 g/mol. The van der Waals surface area contributed by atoms with E-state index in [9.17, 15) is 4.79 Å². The van der Waals surface area contributed by atoms with Gasteiger partial charge in [-0.3, -0.25) is 4.79 Å². The van der Waals surface area contributed by atoms with E-state index >= 15 is 0 Å². The molecule has 0 aromatic heterocycles. The van der Waals surface area contributed by atoms with Crippen molar-refractivity contribution >= 4 is 5.91 Å². The van der Waals surface area contributed by atoms with Crippen LogP contribution >= 0.6 is 0 Å². The highest BCUT2D eigenvalue weighted by atomic mass is 16.2. The second-order valence-corrected chi connectivity index (χ2v) is 6.22. The molecule has 0 aliphatic carbocycles. The molecule has 0 radical (unpaired) electrons. The smallest absolute Gasteiger partial charge is 0.254 e. The molecular formula is C18H28N2O. The van der Waals surface area contributed by atoms with Crippen LogP contribution < -0.4 is 5.32 Å². The van der Waals surface area contributed by atoms with Crippen molar-refractivity contribution in [2.24, 2.45) is 0 Å². The molecule has 3 heteroatoms. The van der Waals surface area contributed by atoms with E-state index in [0.29, 0.717) is 6.04 Å². The molecule has 1 saturated heterocycles. The summed E-state index contributed by atoms with van der Waals surface area (Å²) < 4.78 is 0. The fourth-order valence-electron chi connectivity index (χ4n) is 2.94. The fourth-order valence-corrected chi connectivity index (χ4v) is 2.94. The summed E-state index contributed by atoms with van der Waals surface area (Å²) in [6.07, 6.45) is 4.60. The van der Waals surface area contributed by atoms with Crippen molar-refractivity contribution in [1.82, 2.24) is 10.2 Å². The molecule has 1 aromatic carbocycles. The highest BCUT2D eigenvalue weighted by molar-refractivity contribution is 5.95. The number of aryl methyl sites for hydroxylation is 2. The Kier molecular flexibility index (Phi) is 5.80. The highest BCUT2D eigenvalue weighted by Crippen LogP contribution is 2.16. The highest BCUT2D eigenvalue weighted by Gasteiger charge is 2.23. The quantitative estimate of drug-likeness (QED) is 0.871. The first kappa shape index (κ1) is 16.0. The van der Waals surface area contributed by atoms with Crippen molar-refractivity contribution in [2.45, 2.75) is 52.5 Å². The molecule has 0 saturated carbocycles. The van der Waals surface area contributed by atoms with Crippen LogP contribution in [0.2, 0.25) is 0 Å². The van der Waals surface area contributed by atoms with Gasteiger partial charge in [0.05, 0.1) is 0 Å². The van der Waals surface area contributed by atoms with Crippen LogP contribution in [0.25, 0.3) is 0 Å². The van der Waals surface area contributed by atoms with E-state index in [1.165, 1.54) is 12.8 Å². The van der Waals surface area contributed by atoms with Gasteiger partial charge in [-0.05, 0) is 51.3 Å². The first-order valence-electron chi connectivity index (χ1n) is 8.21. The number of rotatable bonds is 6. The summed E-state index contributed by atoms with van der Waals surface area (Å²) in [5.41, 5.74) is 3.09. The van der Waals surface area contributed by atoms with E-state index in [1.54, 1.807) is 0 Å². The van der Waals surface area contributed by atoms with Crippen LogP contribution in [0, 0.1) is 13.8 Å². The van der Waals surface area contributed by atoms with Gasteiger partial charge >= 0.3 is 0 Å². The van der Waals surface area contributed by atoms with E-state index in [-0.39, 0.29) is 5.91 Å². The molecule has 1 aliphatic rings. The van der Waals surface area contributed by atoms with Gasteiger partial charge in [-0.25, -0.2) is 0 Å². The Morgan fingerprint density at radius 2 is 2.19 bits per heavy atom. The molecule has 1 atom stereocenters. The Labute approximate surface area is 128 Å². The van der Waals surface area contributed by atoms with Crippen LogP contribution in [0.15, 0.2) is 18.2 Å². The number of carbonyl (C=O) groups is 1. The van der Waals surface area contributed by atoms with Crippen LogP contribution in [0.4, 0.5) is 0 Å². The van der Waals surface area contributed by atoms with Gasteiger partial charge < -0.3 is 10.2 Å².